The summed E-state index contributed by atoms with van der Waals surface area (Å²) in [6.07, 6.45) is 3.96. The van der Waals surface area contributed by atoms with Gasteiger partial charge in [0.15, 0.2) is 5.82 Å². The molecule has 144 valence electrons. The number of amides is 1. The summed E-state index contributed by atoms with van der Waals surface area (Å²) >= 11 is 0. The molecule has 0 radical (unpaired) electrons. The molecule has 2 heterocycles. The Morgan fingerprint density at radius 3 is 2.37 bits per heavy atom. The summed E-state index contributed by atoms with van der Waals surface area (Å²) in [6, 6.07) is 10.4. The topological polar surface area (TPSA) is 49.3 Å². The number of carbonyl (C=O) groups is 1. The second-order valence-corrected chi connectivity index (χ2v) is 7.38. The smallest absolute Gasteiger partial charge is 0.222 e. The number of nitrogens with zero attached hydrogens (tertiary/aromatic N) is 4. The molecule has 5 nitrogen and oxygen atoms in total. The van der Waals surface area contributed by atoms with E-state index in [1.165, 1.54) is 5.56 Å². The summed E-state index contributed by atoms with van der Waals surface area (Å²) < 4.78 is 0. The molecule has 0 aliphatic carbocycles. The fraction of sp³-hybridized carbons (Fsp3) is 0.500. The molecule has 0 saturated carbocycles. The predicted octanol–water partition coefficient (Wildman–Crippen LogP) is 3.99. The van der Waals surface area contributed by atoms with Gasteiger partial charge in [-0.15, -0.1) is 0 Å². The van der Waals surface area contributed by atoms with Crippen LogP contribution in [-0.2, 0) is 4.79 Å². The van der Waals surface area contributed by atoms with Crippen LogP contribution >= 0.6 is 0 Å². The fourth-order valence-corrected chi connectivity index (χ4v) is 3.41. The highest BCUT2D eigenvalue weighted by Gasteiger charge is 2.22. The molecule has 0 atom stereocenters. The van der Waals surface area contributed by atoms with Gasteiger partial charge in [0.1, 0.15) is 5.82 Å². The van der Waals surface area contributed by atoms with Crippen LogP contribution in [0.15, 0.2) is 30.3 Å². The number of benzene rings is 1. The van der Waals surface area contributed by atoms with Crippen molar-refractivity contribution < 1.29 is 4.79 Å². The minimum atomic E-state index is 0.294. The molecule has 1 fully saturated rings. The maximum Gasteiger partial charge on any atom is 0.222 e. The highest BCUT2D eigenvalue weighted by atomic mass is 16.2. The van der Waals surface area contributed by atoms with Crippen molar-refractivity contribution in [3.8, 4) is 11.4 Å². The predicted molar refractivity (Wildman–Crippen MR) is 110 cm³/mol. The second kappa shape index (κ2) is 8.98. The fourth-order valence-electron chi connectivity index (χ4n) is 3.41. The van der Waals surface area contributed by atoms with Crippen LogP contribution in [-0.4, -0.2) is 47.0 Å². The maximum atomic E-state index is 12.3. The van der Waals surface area contributed by atoms with Crippen LogP contribution < -0.4 is 4.90 Å². The van der Waals surface area contributed by atoms with E-state index in [0.29, 0.717) is 12.3 Å². The Morgan fingerprint density at radius 1 is 1.00 bits per heavy atom. The lowest BCUT2D eigenvalue weighted by atomic mass is 10.1. The lowest BCUT2D eigenvalue weighted by Crippen LogP contribution is -2.49. The van der Waals surface area contributed by atoms with Crippen LogP contribution in [0.1, 0.15) is 43.9 Å². The van der Waals surface area contributed by atoms with E-state index >= 15 is 0 Å². The van der Waals surface area contributed by atoms with E-state index < -0.39 is 0 Å². The Balaban J connectivity index is 1.66. The van der Waals surface area contributed by atoms with Crippen molar-refractivity contribution >= 4 is 11.7 Å². The Labute approximate surface area is 162 Å². The Morgan fingerprint density at radius 2 is 1.70 bits per heavy atom. The third-order valence-electron chi connectivity index (χ3n) is 5.10. The Hall–Kier alpha value is -2.43. The molecule has 27 heavy (non-hydrogen) atoms. The van der Waals surface area contributed by atoms with E-state index in [1.54, 1.807) is 0 Å². The molecule has 1 aliphatic rings. The number of aromatic nitrogens is 2. The van der Waals surface area contributed by atoms with Crippen LogP contribution in [0.25, 0.3) is 11.4 Å². The van der Waals surface area contributed by atoms with Crippen LogP contribution in [0.5, 0.6) is 0 Å². The Kier molecular flexibility index (Phi) is 6.43. The molecule has 3 rings (SSSR count). The van der Waals surface area contributed by atoms with Gasteiger partial charge in [-0.3, -0.25) is 4.79 Å². The average molecular weight is 367 g/mol. The van der Waals surface area contributed by atoms with Gasteiger partial charge in [-0.05, 0) is 20.3 Å². The molecule has 0 unspecified atom stereocenters. The van der Waals surface area contributed by atoms with Crippen LogP contribution in [0.3, 0.4) is 0 Å². The first-order valence-electron chi connectivity index (χ1n) is 10.0. The quantitative estimate of drug-likeness (QED) is 0.726. The van der Waals surface area contributed by atoms with Crippen molar-refractivity contribution in [2.24, 2.45) is 0 Å². The van der Waals surface area contributed by atoms with Gasteiger partial charge >= 0.3 is 0 Å². The van der Waals surface area contributed by atoms with Crippen molar-refractivity contribution in [2.75, 3.05) is 31.1 Å². The summed E-state index contributed by atoms with van der Waals surface area (Å²) in [5.74, 6) is 2.02. The first-order valence-corrected chi connectivity index (χ1v) is 10.0. The minimum Gasteiger partial charge on any atom is -0.353 e. The van der Waals surface area contributed by atoms with E-state index in [2.05, 4.69) is 48.0 Å². The van der Waals surface area contributed by atoms with E-state index in [1.807, 2.05) is 17.9 Å². The summed E-state index contributed by atoms with van der Waals surface area (Å²) in [5, 5.41) is 0. The highest BCUT2D eigenvalue weighted by molar-refractivity contribution is 5.76. The molecule has 1 saturated heterocycles. The molecule has 1 aromatic heterocycles. The SMILES string of the molecule is CCCCCC(=O)N1CCN(c2cc(C)nc(-c3ccc(C)cc3)n2)CC1. The van der Waals surface area contributed by atoms with E-state index in [9.17, 15) is 4.79 Å². The number of anilines is 1. The van der Waals surface area contributed by atoms with Crippen molar-refractivity contribution in [1.82, 2.24) is 14.9 Å². The van der Waals surface area contributed by atoms with Crippen molar-refractivity contribution in [3.05, 3.63) is 41.6 Å². The average Bonchev–Trinajstić information content (AvgIpc) is 2.68. The van der Waals surface area contributed by atoms with Gasteiger partial charge in [0, 0.05) is 49.9 Å². The first-order chi connectivity index (χ1) is 13.1. The number of rotatable bonds is 6. The van der Waals surface area contributed by atoms with E-state index in [0.717, 1.165) is 68.3 Å². The third-order valence-corrected chi connectivity index (χ3v) is 5.10. The van der Waals surface area contributed by atoms with Gasteiger partial charge in [-0.2, -0.15) is 0 Å². The number of unbranched alkanes of at least 4 members (excludes halogenated alkanes) is 2. The third kappa shape index (κ3) is 5.06. The van der Waals surface area contributed by atoms with Crippen LogP contribution in [0, 0.1) is 13.8 Å². The zero-order valence-corrected chi connectivity index (χ0v) is 16.7. The summed E-state index contributed by atoms with van der Waals surface area (Å²) in [6.45, 7) is 9.44. The monoisotopic (exact) mass is 366 g/mol. The molecule has 1 aliphatic heterocycles. The van der Waals surface area contributed by atoms with Gasteiger partial charge in [-0.25, -0.2) is 9.97 Å². The van der Waals surface area contributed by atoms with Gasteiger partial charge in [0.25, 0.3) is 0 Å². The van der Waals surface area contributed by atoms with Crippen LogP contribution in [0.4, 0.5) is 5.82 Å². The van der Waals surface area contributed by atoms with Gasteiger partial charge in [0.05, 0.1) is 0 Å². The zero-order valence-electron chi connectivity index (χ0n) is 16.7. The van der Waals surface area contributed by atoms with E-state index in [4.69, 9.17) is 4.98 Å². The lowest BCUT2D eigenvalue weighted by Gasteiger charge is -2.35. The molecule has 0 bridgehead atoms. The van der Waals surface area contributed by atoms with Gasteiger partial charge in [0.2, 0.25) is 5.91 Å². The van der Waals surface area contributed by atoms with Crippen molar-refractivity contribution in [1.29, 1.82) is 0 Å². The standard InChI is InChI=1S/C22H30N4O/c1-4-5-6-7-21(27)26-14-12-25(13-15-26)20-16-18(3)23-22(24-20)19-10-8-17(2)9-11-19/h8-11,16H,4-7,12-15H2,1-3H3. The van der Waals surface area contributed by atoms with Crippen LogP contribution in [0.2, 0.25) is 0 Å². The van der Waals surface area contributed by atoms with Crippen molar-refractivity contribution in [3.63, 3.8) is 0 Å². The zero-order chi connectivity index (χ0) is 19.2. The number of piperazine rings is 1. The van der Waals surface area contributed by atoms with Gasteiger partial charge < -0.3 is 9.80 Å². The summed E-state index contributed by atoms with van der Waals surface area (Å²) in [7, 11) is 0. The number of hydrogen-bond acceptors (Lipinski definition) is 4. The minimum absolute atomic E-state index is 0.294. The summed E-state index contributed by atoms with van der Waals surface area (Å²) in [5.41, 5.74) is 3.23. The lowest BCUT2D eigenvalue weighted by molar-refractivity contribution is -0.131. The second-order valence-electron chi connectivity index (χ2n) is 7.38. The molecule has 0 spiro atoms. The molecule has 0 N–H and O–H groups in total. The largest absolute Gasteiger partial charge is 0.353 e. The van der Waals surface area contributed by atoms with E-state index in [-0.39, 0.29) is 0 Å². The number of aryl methyl sites for hydroxylation is 2. The first kappa shape index (κ1) is 19.3. The molecular weight excluding hydrogens is 336 g/mol. The molecular formula is C22H30N4O. The number of carbonyl (C=O) groups excluding carboxylic acids is 1. The summed E-state index contributed by atoms with van der Waals surface area (Å²) in [4.78, 5) is 26.0. The van der Waals surface area contributed by atoms with Crippen molar-refractivity contribution in [2.45, 2.75) is 46.5 Å². The molecule has 1 aromatic carbocycles. The molecule has 5 heteroatoms. The molecule has 2 aromatic rings. The maximum absolute atomic E-state index is 12.3. The Bertz CT molecular complexity index is 764. The highest BCUT2D eigenvalue weighted by Crippen LogP contribution is 2.22. The van der Waals surface area contributed by atoms with Gasteiger partial charge in [-0.1, -0.05) is 49.6 Å². The number of hydrogen-bond donors (Lipinski definition) is 0. The molecule has 1 amide bonds. The normalized spacial score (nSPS) is 14.5.